The van der Waals surface area contributed by atoms with Crippen molar-refractivity contribution in [1.82, 2.24) is 14.6 Å². The van der Waals surface area contributed by atoms with Crippen LogP contribution in [0.5, 0.6) is 5.75 Å². The average molecular weight is 319 g/mol. The van der Waals surface area contributed by atoms with E-state index in [0.717, 1.165) is 48.5 Å². The van der Waals surface area contributed by atoms with Crippen molar-refractivity contribution in [3.05, 3.63) is 47.8 Å². The molecule has 1 aliphatic carbocycles. The second kappa shape index (κ2) is 5.16. The van der Waals surface area contributed by atoms with Gasteiger partial charge in [0.05, 0.1) is 18.7 Å². The Morgan fingerprint density at radius 2 is 2.17 bits per heavy atom. The zero-order valence-electron chi connectivity index (χ0n) is 13.2. The van der Waals surface area contributed by atoms with Crippen LogP contribution in [0.3, 0.4) is 0 Å². The van der Waals surface area contributed by atoms with Crippen molar-refractivity contribution in [2.75, 3.05) is 6.61 Å². The highest BCUT2D eigenvalue weighted by Crippen LogP contribution is 2.32. The van der Waals surface area contributed by atoms with E-state index in [2.05, 4.69) is 22.2 Å². The van der Waals surface area contributed by atoms with Crippen LogP contribution in [-0.2, 0) is 17.6 Å². The fourth-order valence-electron chi connectivity index (χ4n) is 3.29. The summed E-state index contributed by atoms with van der Waals surface area (Å²) in [6.07, 6.45) is 3.32. The summed E-state index contributed by atoms with van der Waals surface area (Å²) in [7, 11) is 0. The first-order valence-corrected chi connectivity index (χ1v) is 8.41. The first-order valence-electron chi connectivity index (χ1n) is 8.41. The van der Waals surface area contributed by atoms with Crippen molar-refractivity contribution in [3.63, 3.8) is 0 Å². The number of nitrogens with zero attached hydrogens (tertiary/aromatic N) is 3. The molecule has 0 saturated heterocycles. The first-order chi connectivity index (χ1) is 11.8. The third-order valence-corrected chi connectivity index (χ3v) is 4.75. The lowest BCUT2D eigenvalue weighted by Crippen LogP contribution is -2.06. The molecule has 1 aliphatic heterocycles. The van der Waals surface area contributed by atoms with Gasteiger partial charge in [-0.2, -0.15) is 5.10 Å². The van der Waals surface area contributed by atoms with Gasteiger partial charge < -0.3 is 4.74 Å². The molecule has 1 fully saturated rings. The zero-order valence-corrected chi connectivity index (χ0v) is 13.2. The number of ketones is 1. The van der Waals surface area contributed by atoms with Crippen molar-refractivity contribution in [1.29, 1.82) is 0 Å². The predicted molar refractivity (Wildman–Crippen MR) is 89.1 cm³/mol. The molecule has 0 bridgehead atoms. The molecule has 5 nitrogen and oxygen atoms in total. The molecular weight excluding hydrogens is 302 g/mol. The van der Waals surface area contributed by atoms with E-state index in [1.165, 1.54) is 5.56 Å². The number of hydrogen-bond acceptors (Lipinski definition) is 4. The molecule has 1 aromatic carbocycles. The van der Waals surface area contributed by atoms with Crippen molar-refractivity contribution in [2.45, 2.75) is 25.7 Å². The summed E-state index contributed by atoms with van der Waals surface area (Å²) < 4.78 is 7.42. The second-order valence-electron chi connectivity index (χ2n) is 6.55. The number of Topliss-reactive ketones (excluding diaryl/α,β-unsaturated/α-hetero) is 1. The van der Waals surface area contributed by atoms with Crippen LogP contribution in [0.25, 0.3) is 16.9 Å². The summed E-state index contributed by atoms with van der Waals surface area (Å²) in [5, 5.41) is 4.59. The van der Waals surface area contributed by atoms with Gasteiger partial charge >= 0.3 is 0 Å². The minimum Gasteiger partial charge on any atom is -0.493 e. The summed E-state index contributed by atoms with van der Waals surface area (Å²) >= 11 is 0. The molecular formula is C19H17N3O2. The van der Waals surface area contributed by atoms with Crippen molar-refractivity contribution < 1.29 is 9.53 Å². The third-order valence-electron chi connectivity index (χ3n) is 4.75. The molecule has 3 heterocycles. The summed E-state index contributed by atoms with van der Waals surface area (Å²) in [6.45, 7) is 0.750. The zero-order chi connectivity index (χ0) is 16.1. The molecule has 1 saturated carbocycles. The van der Waals surface area contributed by atoms with Gasteiger partial charge in [-0.15, -0.1) is 0 Å². The van der Waals surface area contributed by atoms with Gasteiger partial charge in [0.2, 0.25) is 0 Å². The number of carbonyl (C=O) groups is 1. The second-order valence-corrected chi connectivity index (χ2v) is 6.55. The maximum absolute atomic E-state index is 12.0. The fourth-order valence-corrected chi connectivity index (χ4v) is 3.29. The smallest absolute Gasteiger partial charge is 0.159 e. The van der Waals surface area contributed by atoms with Gasteiger partial charge in [-0.1, -0.05) is 6.07 Å². The topological polar surface area (TPSA) is 56.5 Å². The molecule has 5 heteroatoms. The summed E-state index contributed by atoms with van der Waals surface area (Å²) in [6, 6.07) is 12.2. The fraction of sp³-hybridized carbons (Fsp3) is 0.316. The Kier molecular flexibility index (Phi) is 2.95. The number of rotatable bonds is 4. The normalized spacial score (nSPS) is 16.2. The number of benzene rings is 1. The molecule has 5 rings (SSSR count). The van der Waals surface area contributed by atoms with E-state index in [0.29, 0.717) is 12.2 Å². The van der Waals surface area contributed by atoms with Crippen LogP contribution >= 0.6 is 0 Å². The Labute approximate surface area is 139 Å². The quantitative estimate of drug-likeness (QED) is 0.742. The van der Waals surface area contributed by atoms with Crippen LogP contribution in [0.15, 0.2) is 36.4 Å². The average Bonchev–Trinajstić information content (AvgIpc) is 3.20. The lowest BCUT2D eigenvalue weighted by molar-refractivity contribution is -0.119. The minimum absolute atomic E-state index is 0.243. The maximum Gasteiger partial charge on any atom is 0.159 e. The Morgan fingerprint density at radius 1 is 1.25 bits per heavy atom. The van der Waals surface area contributed by atoms with Crippen LogP contribution in [0.2, 0.25) is 0 Å². The van der Waals surface area contributed by atoms with Gasteiger partial charge in [-0.3, -0.25) is 4.79 Å². The van der Waals surface area contributed by atoms with E-state index < -0.39 is 0 Å². The number of fused-ring (bicyclic) bond motifs is 2. The lowest BCUT2D eigenvalue weighted by atomic mass is 10.1. The summed E-state index contributed by atoms with van der Waals surface area (Å²) in [4.78, 5) is 16.6. The largest absolute Gasteiger partial charge is 0.493 e. The van der Waals surface area contributed by atoms with Crippen LogP contribution < -0.4 is 4.74 Å². The molecule has 2 aliphatic rings. The molecule has 3 aromatic rings. The number of hydrogen-bond donors (Lipinski definition) is 0. The highest BCUT2D eigenvalue weighted by molar-refractivity contribution is 5.84. The van der Waals surface area contributed by atoms with Crippen molar-refractivity contribution >= 4 is 11.4 Å². The van der Waals surface area contributed by atoms with Crippen molar-refractivity contribution in [3.8, 4) is 17.0 Å². The Morgan fingerprint density at radius 3 is 3.04 bits per heavy atom. The van der Waals surface area contributed by atoms with Crippen LogP contribution in [0.4, 0.5) is 0 Å². The van der Waals surface area contributed by atoms with Crippen LogP contribution in [0.1, 0.15) is 24.2 Å². The van der Waals surface area contributed by atoms with E-state index in [9.17, 15) is 4.79 Å². The molecule has 24 heavy (non-hydrogen) atoms. The van der Waals surface area contributed by atoms with Crippen LogP contribution in [-0.4, -0.2) is 27.0 Å². The number of carbonyl (C=O) groups excluding carboxylic acids is 1. The van der Waals surface area contributed by atoms with E-state index in [4.69, 9.17) is 4.74 Å². The first kappa shape index (κ1) is 13.7. The molecule has 0 spiro atoms. The summed E-state index contributed by atoms with van der Waals surface area (Å²) in [5.41, 5.74) is 4.09. The molecule has 0 atom stereocenters. The Hall–Kier alpha value is -2.69. The molecule has 0 N–H and O–H groups in total. The van der Waals surface area contributed by atoms with Crippen LogP contribution in [0, 0.1) is 5.92 Å². The van der Waals surface area contributed by atoms with E-state index in [1.54, 1.807) is 0 Å². The minimum atomic E-state index is 0.243. The van der Waals surface area contributed by atoms with Gasteiger partial charge in [0.15, 0.2) is 11.5 Å². The highest BCUT2D eigenvalue weighted by Gasteiger charge is 2.30. The van der Waals surface area contributed by atoms with Gasteiger partial charge in [0.25, 0.3) is 0 Å². The SMILES string of the molecule is O=C(Cc1nc2cccc(-c3ccc4c(c3)CCO4)n2n1)C1CC1. The van der Waals surface area contributed by atoms with Gasteiger partial charge in [-0.05, 0) is 48.7 Å². The van der Waals surface area contributed by atoms with Gasteiger partial charge in [0, 0.05) is 17.9 Å². The van der Waals surface area contributed by atoms with Crippen molar-refractivity contribution in [2.24, 2.45) is 5.92 Å². The monoisotopic (exact) mass is 319 g/mol. The van der Waals surface area contributed by atoms with E-state index in [-0.39, 0.29) is 11.7 Å². The summed E-state index contributed by atoms with van der Waals surface area (Å²) in [5.74, 6) is 2.10. The number of pyridine rings is 1. The third kappa shape index (κ3) is 2.28. The number of aromatic nitrogens is 3. The molecule has 2 aromatic heterocycles. The standard InChI is InChI=1S/C19H17N3O2/c23-16(12-4-5-12)11-18-20-19-3-1-2-15(22(19)21-18)13-6-7-17-14(10-13)8-9-24-17/h1-3,6-7,10,12H,4-5,8-9,11H2. The Bertz CT molecular complexity index is 956. The highest BCUT2D eigenvalue weighted by atomic mass is 16.5. The van der Waals surface area contributed by atoms with Gasteiger partial charge in [-0.25, -0.2) is 9.50 Å². The Balaban J connectivity index is 1.55. The molecule has 0 radical (unpaired) electrons. The molecule has 0 amide bonds. The van der Waals surface area contributed by atoms with Gasteiger partial charge in [0.1, 0.15) is 11.5 Å². The van der Waals surface area contributed by atoms with E-state index in [1.807, 2.05) is 28.8 Å². The predicted octanol–water partition coefficient (Wildman–Crippen LogP) is 2.85. The maximum atomic E-state index is 12.0. The lowest BCUT2D eigenvalue weighted by Gasteiger charge is -2.06. The molecule has 120 valence electrons. The number of ether oxygens (including phenoxy) is 1. The van der Waals surface area contributed by atoms with E-state index >= 15 is 0 Å². The molecule has 0 unspecified atom stereocenters.